The van der Waals surface area contributed by atoms with Crippen molar-refractivity contribution in [2.24, 2.45) is 0 Å². The van der Waals surface area contributed by atoms with E-state index in [9.17, 15) is 9.59 Å². The molecule has 0 aliphatic carbocycles. The molecule has 0 spiro atoms. The van der Waals surface area contributed by atoms with Crippen molar-refractivity contribution >= 4 is 17.6 Å². The van der Waals surface area contributed by atoms with Crippen LogP contribution in [0.5, 0.6) is 0 Å². The van der Waals surface area contributed by atoms with E-state index in [0.717, 1.165) is 12.0 Å². The second-order valence-corrected chi connectivity index (χ2v) is 5.30. The summed E-state index contributed by atoms with van der Waals surface area (Å²) in [6.07, 6.45) is 0.780. The average Bonchev–Trinajstić information content (AvgIpc) is 2.61. The van der Waals surface area contributed by atoms with Crippen LogP contribution in [0.15, 0.2) is 48.5 Å². The Bertz CT molecular complexity index is 695. The van der Waals surface area contributed by atoms with E-state index < -0.39 is 0 Å². The number of nitrogens with one attached hydrogen (secondary N) is 1. The van der Waals surface area contributed by atoms with Gasteiger partial charge in [-0.3, -0.25) is 4.79 Å². The normalized spacial score (nSPS) is 10.2. The Hall–Kier alpha value is -2.66. The molecule has 0 bridgehead atoms. The lowest BCUT2D eigenvalue weighted by Crippen LogP contribution is -2.12. The highest BCUT2D eigenvalue weighted by atomic mass is 16.5. The van der Waals surface area contributed by atoms with Crippen LogP contribution >= 0.6 is 0 Å². The third-order valence-corrected chi connectivity index (χ3v) is 3.32. The van der Waals surface area contributed by atoms with Gasteiger partial charge in [0.25, 0.3) is 5.91 Å². The molecule has 126 valence electrons. The molecular weight excluding hydrogens is 306 g/mol. The zero-order valence-corrected chi connectivity index (χ0v) is 13.9. The fourth-order valence-corrected chi connectivity index (χ4v) is 2.14. The molecule has 1 N–H and O–H groups in total. The number of carbonyl (C=O) groups excluding carboxylic acids is 2. The predicted molar refractivity (Wildman–Crippen MR) is 92.1 cm³/mol. The molecule has 0 radical (unpaired) electrons. The minimum atomic E-state index is -0.359. The highest BCUT2D eigenvalue weighted by Crippen LogP contribution is 2.13. The third-order valence-electron chi connectivity index (χ3n) is 3.32. The van der Waals surface area contributed by atoms with Crippen LogP contribution in [-0.2, 0) is 16.1 Å². The summed E-state index contributed by atoms with van der Waals surface area (Å²) in [4.78, 5) is 24.0. The second-order valence-electron chi connectivity index (χ2n) is 5.30. The molecule has 0 atom stereocenters. The van der Waals surface area contributed by atoms with Crippen molar-refractivity contribution in [1.82, 2.24) is 0 Å². The van der Waals surface area contributed by atoms with Gasteiger partial charge in [-0.05, 0) is 48.4 Å². The van der Waals surface area contributed by atoms with Gasteiger partial charge >= 0.3 is 5.97 Å². The molecule has 5 heteroatoms. The smallest absolute Gasteiger partial charge is 0.338 e. The Morgan fingerprint density at radius 2 is 1.79 bits per heavy atom. The lowest BCUT2D eigenvalue weighted by molar-refractivity contribution is 0.0505. The van der Waals surface area contributed by atoms with Crippen LogP contribution in [0.4, 0.5) is 5.69 Å². The summed E-state index contributed by atoms with van der Waals surface area (Å²) in [5, 5.41) is 2.80. The van der Waals surface area contributed by atoms with Gasteiger partial charge < -0.3 is 14.8 Å². The van der Waals surface area contributed by atoms with Gasteiger partial charge in [0.1, 0.15) is 0 Å². The highest BCUT2D eigenvalue weighted by Gasteiger charge is 2.09. The van der Waals surface area contributed by atoms with E-state index in [1.807, 2.05) is 19.1 Å². The number of rotatable bonds is 7. The molecule has 2 aromatic rings. The van der Waals surface area contributed by atoms with Gasteiger partial charge in [0.05, 0.1) is 18.8 Å². The van der Waals surface area contributed by atoms with Crippen LogP contribution in [0, 0.1) is 0 Å². The number of anilines is 1. The molecule has 0 saturated carbocycles. The molecule has 1 amide bonds. The van der Waals surface area contributed by atoms with Crippen LogP contribution < -0.4 is 5.32 Å². The van der Waals surface area contributed by atoms with Crippen molar-refractivity contribution < 1.29 is 19.1 Å². The third kappa shape index (κ3) is 4.93. The van der Waals surface area contributed by atoms with Gasteiger partial charge in [-0.2, -0.15) is 0 Å². The van der Waals surface area contributed by atoms with Crippen molar-refractivity contribution in [2.75, 3.05) is 19.0 Å². The maximum Gasteiger partial charge on any atom is 0.338 e. The van der Waals surface area contributed by atoms with Crippen LogP contribution in [0.1, 0.15) is 39.6 Å². The molecule has 0 unspecified atom stereocenters. The number of carbonyl (C=O) groups is 2. The van der Waals surface area contributed by atoms with Crippen LogP contribution in [0.2, 0.25) is 0 Å². The van der Waals surface area contributed by atoms with Crippen LogP contribution in [-0.4, -0.2) is 25.6 Å². The first-order valence-electron chi connectivity index (χ1n) is 7.80. The van der Waals surface area contributed by atoms with Crippen molar-refractivity contribution in [2.45, 2.75) is 20.0 Å². The van der Waals surface area contributed by atoms with Crippen molar-refractivity contribution in [3.05, 3.63) is 65.2 Å². The number of ether oxygens (including phenoxy) is 2. The number of amides is 1. The van der Waals surface area contributed by atoms with Crippen molar-refractivity contribution in [3.8, 4) is 0 Å². The molecule has 5 nitrogen and oxygen atoms in total. The number of hydrogen-bond acceptors (Lipinski definition) is 4. The molecule has 2 rings (SSSR count). The summed E-state index contributed by atoms with van der Waals surface area (Å²) >= 11 is 0. The molecule has 0 aliphatic heterocycles. The zero-order chi connectivity index (χ0) is 17.4. The lowest BCUT2D eigenvalue weighted by atomic mass is 10.1. The van der Waals surface area contributed by atoms with Gasteiger partial charge in [-0.15, -0.1) is 0 Å². The SMILES string of the molecule is CCCOC(=O)c1ccc(NC(=O)c2cccc(COC)c2)cc1. The van der Waals surface area contributed by atoms with E-state index in [1.165, 1.54) is 0 Å². The standard InChI is InChI=1S/C19H21NO4/c1-3-11-24-19(22)15-7-9-17(10-8-15)20-18(21)16-6-4-5-14(12-16)13-23-2/h4-10,12H,3,11,13H2,1-2H3,(H,20,21). The monoisotopic (exact) mass is 327 g/mol. The highest BCUT2D eigenvalue weighted by molar-refractivity contribution is 6.04. The molecule has 24 heavy (non-hydrogen) atoms. The summed E-state index contributed by atoms with van der Waals surface area (Å²) in [7, 11) is 1.61. The molecule has 0 aliphatic rings. The summed E-state index contributed by atoms with van der Waals surface area (Å²) in [6, 6.07) is 13.9. The Labute approximate surface area is 141 Å². The average molecular weight is 327 g/mol. The molecular formula is C19H21NO4. The topological polar surface area (TPSA) is 64.6 Å². The molecule has 0 saturated heterocycles. The van der Waals surface area contributed by atoms with E-state index in [1.54, 1.807) is 43.5 Å². The van der Waals surface area contributed by atoms with Gasteiger partial charge in [-0.1, -0.05) is 19.1 Å². The molecule has 0 aromatic heterocycles. The minimum Gasteiger partial charge on any atom is -0.462 e. The second kappa shape index (κ2) is 8.84. The fourth-order valence-electron chi connectivity index (χ4n) is 2.14. The van der Waals surface area contributed by atoms with E-state index in [2.05, 4.69) is 5.32 Å². The zero-order valence-electron chi connectivity index (χ0n) is 13.9. The summed E-state index contributed by atoms with van der Waals surface area (Å²) in [6.45, 7) is 2.79. The quantitative estimate of drug-likeness (QED) is 0.788. The Balaban J connectivity index is 2.01. The Morgan fingerprint density at radius 3 is 2.46 bits per heavy atom. The van der Waals surface area contributed by atoms with Gasteiger partial charge in [0.15, 0.2) is 0 Å². The van der Waals surface area contributed by atoms with E-state index in [4.69, 9.17) is 9.47 Å². The van der Waals surface area contributed by atoms with Crippen LogP contribution in [0.25, 0.3) is 0 Å². The maximum atomic E-state index is 12.3. The van der Waals surface area contributed by atoms with Crippen molar-refractivity contribution in [3.63, 3.8) is 0 Å². The molecule has 0 fully saturated rings. The van der Waals surface area contributed by atoms with Crippen LogP contribution in [0.3, 0.4) is 0 Å². The first kappa shape index (κ1) is 17.7. The fraction of sp³-hybridized carbons (Fsp3) is 0.263. The summed E-state index contributed by atoms with van der Waals surface area (Å²) < 4.78 is 10.1. The first-order valence-corrected chi connectivity index (χ1v) is 7.80. The summed E-state index contributed by atoms with van der Waals surface area (Å²) in [5.41, 5.74) is 2.56. The van der Waals surface area contributed by atoms with Gasteiger partial charge in [-0.25, -0.2) is 4.79 Å². The number of hydrogen-bond donors (Lipinski definition) is 1. The van der Waals surface area contributed by atoms with E-state index in [-0.39, 0.29) is 11.9 Å². The number of esters is 1. The molecule has 2 aromatic carbocycles. The summed E-state index contributed by atoms with van der Waals surface area (Å²) in [5.74, 6) is -0.573. The lowest BCUT2D eigenvalue weighted by Gasteiger charge is -2.08. The maximum absolute atomic E-state index is 12.3. The first-order chi connectivity index (χ1) is 11.6. The number of methoxy groups -OCH3 is 1. The van der Waals surface area contributed by atoms with Crippen molar-refractivity contribution in [1.29, 1.82) is 0 Å². The van der Waals surface area contributed by atoms with Gasteiger partial charge in [0, 0.05) is 18.4 Å². The minimum absolute atomic E-state index is 0.214. The molecule has 0 heterocycles. The Kier molecular flexibility index (Phi) is 6.51. The Morgan fingerprint density at radius 1 is 1.04 bits per heavy atom. The van der Waals surface area contributed by atoms with Gasteiger partial charge in [0.2, 0.25) is 0 Å². The largest absolute Gasteiger partial charge is 0.462 e. The predicted octanol–water partition coefficient (Wildman–Crippen LogP) is 3.65. The van der Waals surface area contributed by atoms with E-state index in [0.29, 0.717) is 30.0 Å². The number of benzene rings is 2. The van der Waals surface area contributed by atoms with E-state index >= 15 is 0 Å².